The SMILES string of the molecule is CC(C)=CC(=O)O.CCCC/C=C\CCCCCCCCCC. The van der Waals surface area contributed by atoms with Crippen molar-refractivity contribution in [2.24, 2.45) is 0 Å². The molecule has 0 aliphatic rings. The van der Waals surface area contributed by atoms with Gasteiger partial charge < -0.3 is 5.11 Å². The van der Waals surface area contributed by atoms with E-state index in [2.05, 4.69) is 26.0 Å². The molecule has 23 heavy (non-hydrogen) atoms. The number of hydrogen-bond acceptors (Lipinski definition) is 1. The molecule has 0 aromatic rings. The van der Waals surface area contributed by atoms with E-state index in [-0.39, 0.29) is 0 Å². The summed E-state index contributed by atoms with van der Waals surface area (Å²) < 4.78 is 0. The molecule has 0 aliphatic carbocycles. The second kappa shape index (κ2) is 20.9. The van der Waals surface area contributed by atoms with Crippen LogP contribution in [0.4, 0.5) is 0 Å². The zero-order chi connectivity index (χ0) is 17.8. The number of carbonyl (C=O) groups is 1. The lowest BCUT2D eigenvalue weighted by molar-refractivity contribution is -0.131. The van der Waals surface area contributed by atoms with Gasteiger partial charge in [-0.05, 0) is 33.1 Å². The van der Waals surface area contributed by atoms with E-state index in [0.717, 1.165) is 5.57 Å². The van der Waals surface area contributed by atoms with Gasteiger partial charge in [0.2, 0.25) is 0 Å². The van der Waals surface area contributed by atoms with Gasteiger partial charge in [-0.25, -0.2) is 4.79 Å². The van der Waals surface area contributed by atoms with Crippen molar-refractivity contribution < 1.29 is 9.90 Å². The number of carboxylic acids is 1. The van der Waals surface area contributed by atoms with Crippen LogP contribution in [0.2, 0.25) is 0 Å². The number of rotatable bonds is 13. The Morgan fingerprint density at radius 1 is 0.739 bits per heavy atom. The first-order valence-electron chi connectivity index (χ1n) is 9.57. The van der Waals surface area contributed by atoms with Gasteiger partial charge in [0.25, 0.3) is 0 Å². The molecule has 0 aliphatic heterocycles. The predicted octanol–water partition coefficient (Wildman–Crippen LogP) is 7.30. The molecule has 0 aromatic heterocycles. The van der Waals surface area contributed by atoms with Crippen LogP contribution >= 0.6 is 0 Å². The van der Waals surface area contributed by atoms with Crippen LogP contribution in [0.5, 0.6) is 0 Å². The van der Waals surface area contributed by atoms with Crippen LogP contribution in [0.3, 0.4) is 0 Å². The Morgan fingerprint density at radius 2 is 1.17 bits per heavy atom. The molecule has 0 bridgehead atoms. The maximum atomic E-state index is 9.73. The highest BCUT2D eigenvalue weighted by molar-refractivity contribution is 5.80. The Hall–Kier alpha value is -1.05. The van der Waals surface area contributed by atoms with Crippen molar-refractivity contribution >= 4 is 5.97 Å². The topological polar surface area (TPSA) is 37.3 Å². The fourth-order valence-corrected chi connectivity index (χ4v) is 2.20. The van der Waals surface area contributed by atoms with E-state index in [4.69, 9.17) is 5.11 Å². The zero-order valence-corrected chi connectivity index (χ0v) is 16.1. The molecule has 0 radical (unpaired) electrons. The maximum absolute atomic E-state index is 9.73. The molecule has 0 amide bonds. The number of unbranched alkanes of at least 4 members (excludes halogenated alkanes) is 10. The number of carboxylic acid groups (broad SMARTS) is 1. The number of allylic oxidation sites excluding steroid dienone is 3. The van der Waals surface area contributed by atoms with E-state index in [1.807, 2.05) is 0 Å². The van der Waals surface area contributed by atoms with E-state index in [0.29, 0.717) is 0 Å². The molecule has 0 aromatic carbocycles. The summed E-state index contributed by atoms with van der Waals surface area (Å²) in [5.41, 5.74) is 0.813. The van der Waals surface area contributed by atoms with Crippen molar-refractivity contribution in [3.63, 3.8) is 0 Å². The molecule has 0 saturated carbocycles. The van der Waals surface area contributed by atoms with Gasteiger partial charge in [-0.1, -0.05) is 89.4 Å². The number of aliphatic carboxylic acids is 1. The third-order valence-electron chi connectivity index (χ3n) is 3.53. The standard InChI is InChI=1S/C16H32.C5H8O2/c1-3-5-7-9-11-13-15-16-14-12-10-8-6-4-2;1-4(2)3-5(6)7/h9,11H,3-8,10,12-16H2,1-2H3;3H,1-2H3,(H,6,7)/b11-9-;. The van der Waals surface area contributed by atoms with Crippen molar-refractivity contribution in [3.8, 4) is 0 Å². The summed E-state index contributed by atoms with van der Waals surface area (Å²) in [7, 11) is 0. The molecule has 1 N–H and O–H groups in total. The van der Waals surface area contributed by atoms with Crippen molar-refractivity contribution in [3.05, 3.63) is 23.8 Å². The van der Waals surface area contributed by atoms with Crippen LogP contribution in [-0.2, 0) is 4.79 Å². The van der Waals surface area contributed by atoms with Gasteiger partial charge in [-0.3, -0.25) is 0 Å². The molecule has 0 atom stereocenters. The van der Waals surface area contributed by atoms with Crippen molar-refractivity contribution in [1.82, 2.24) is 0 Å². The van der Waals surface area contributed by atoms with E-state index in [9.17, 15) is 4.79 Å². The summed E-state index contributed by atoms with van der Waals surface area (Å²) in [6, 6.07) is 0. The molecule has 2 nitrogen and oxygen atoms in total. The molecule has 0 unspecified atom stereocenters. The minimum atomic E-state index is -0.875. The molecule has 136 valence electrons. The summed E-state index contributed by atoms with van der Waals surface area (Å²) in [5, 5.41) is 8.01. The Morgan fingerprint density at radius 3 is 1.57 bits per heavy atom. The van der Waals surface area contributed by atoms with E-state index in [1.54, 1.807) is 13.8 Å². The average molecular weight is 325 g/mol. The van der Waals surface area contributed by atoms with Gasteiger partial charge in [-0.15, -0.1) is 0 Å². The predicted molar refractivity (Wildman–Crippen MR) is 103 cm³/mol. The highest BCUT2D eigenvalue weighted by Gasteiger charge is 1.90. The zero-order valence-electron chi connectivity index (χ0n) is 16.1. The number of hydrogen-bond donors (Lipinski definition) is 1. The molecule has 0 rings (SSSR count). The largest absolute Gasteiger partial charge is 0.478 e. The molecule has 2 heteroatoms. The second-order valence-corrected chi connectivity index (χ2v) is 6.44. The Kier molecular flexibility index (Phi) is 22.0. The lowest BCUT2D eigenvalue weighted by atomic mass is 10.1. The summed E-state index contributed by atoms with van der Waals surface area (Å²) in [6.45, 7) is 8.03. The van der Waals surface area contributed by atoms with E-state index in [1.165, 1.54) is 83.1 Å². The fourth-order valence-electron chi connectivity index (χ4n) is 2.20. The fraction of sp³-hybridized carbons (Fsp3) is 0.762. The van der Waals surface area contributed by atoms with Crippen LogP contribution in [0.15, 0.2) is 23.8 Å². The van der Waals surface area contributed by atoms with Gasteiger partial charge in [0.05, 0.1) is 0 Å². The second-order valence-electron chi connectivity index (χ2n) is 6.44. The molecule has 0 spiro atoms. The Bertz CT molecular complexity index is 299. The van der Waals surface area contributed by atoms with Gasteiger partial charge in [-0.2, -0.15) is 0 Å². The van der Waals surface area contributed by atoms with Crippen LogP contribution in [0.25, 0.3) is 0 Å². The van der Waals surface area contributed by atoms with E-state index < -0.39 is 5.97 Å². The minimum Gasteiger partial charge on any atom is -0.478 e. The smallest absolute Gasteiger partial charge is 0.328 e. The van der Waals surface area contributed by atoms with Crippen LogP contribution in [0.1, 0.15) is 105 Å². The van der Waals surface area contributed by atoms with E-state index >= 15 is 0 Å². The molecule has 0 saturated heterocycles. The third kappa shape index (κ3) is 29.6. The molecule has 0 heterocycles. The first kappa shape index (κ1) is 24.2. The normalized spacial score (nSPS) is 10.3. The van der Waals surface area contributed by atoms with Gasteiger partial charge >= 0.3 is 5.97 Å². The quantitative estimate of drug-likeness (QED) is 0.219. The lowest BCUT2D eigenvalue weighted by Gasteiger charge is -1.99. The monoisotopic (exact) mass is 324 g/mol. The van der Waals surface area contributed by atoms with Gasteiger partial charge in [0, 0.05) is 6.08 Å². The van der Waals surface area contributed by atoms with Crippen LogP contribution in [0, 0.1) is 0 Å². The maximum Gasteiger partial charge on any atom is 0.328 e. The van der Waals surface area contributed by atoms with Crippen molar-refractivity contribution in [2.75, 3.05) is 0 Å². The highest BCUT2D eigenvalue weighted by Crippen LogP contribution is 2.09. The first-order chi connectivity index (χ1) is 11.0. The highest BCUT2D eigenvalue weighted by atomic mass is 16.4. The van der Waals surface area contributed by atoms with Crippen LogP contribution < -0.4 is 0 Å². The first-order valence-corrected chi connectivity index (χ1v) is 9.57. The molecular formula is C21H40O2. The van der Waals surface area contributed by atoms with Crippen molar-refractivity contribution in [1.29, 1.82) is 0 Å². The average Bonchev–Trinajstić information content (AvgIpc) is 2.48. The van der Waals surface area contributed by atoms with Gasteiger partial charge in [0.15, 0.2) is 0 Å². The van der Waals surface area contributed by atoms with Crippen molar-refractivity contribution in [2.45, 2.75) is 105 Å². The van der Waals surface area contributed by atoms with Gasteiger partial charge in [0.1, 0.15) is 0 Å². The molecule has 0 fully saturated rings. The minimum absolute atomic E-state index is 0.813. The Balaban J connectivity index is 0. The van der Waals surface area contributed by atoms with Crippen LogP contribution in [-0.4, -0.2) is 11.1 Å². The lowest BCUT2D eigenvalue weighted by Crippen LogP contribution is -1.86. The summed E-state index contributed by atoms with van der Waals surface area (Å²) in [5.74, 6) is -0.875. The third-order valence-corrected chi connectivity index (χ3v) is 3.53. The Labute approximate surface area is 145 Å². The summed E-state index contributed by atoms with van der Waals surface area (Å²) in [6.07, 6.45) is 22.6. The summed E-state index contributed by atoms with van der Waals surface area (Å²) in [4.78, 5) is 9.73. The summed E-state index contributed by atoms with van der Waals surface area (Å²) >= 11 is 0. The molecular weight excluding hydrogens is 284 g/mol.